The lowest BCUT2D eigenvalue weighted by Crippen LogP contribution is -2.36. The van der Waals surface area contributed by atoms with E-state index < -0.39 is 27.5 Å². The molecule has 10 nitrogen and oxygen atoms in total. The van der Waals surface area contributed by atoms with Gasteiger partial charge in [-0.1, -0.05) is 6.07 Å². The lowest BCUT2D eigenvalue weighted by atomic mass is 10.2. The van der Waals surface area contributed by atoms with Crippen molar-refractivity contribution in [1.82, 2.24) is 0 Å². The van der Waals surface area contributed by atoms with Crippen molar-refractivity contribution in [3.05, 3.63) is 52.1 Å². The number of ether oxygens (including phenoxy) is 3. The second kappa shape index (κ2) is 8.78. The van der Waals surface area contributed by atoms with Crippen LogP contribution in [0.15, 0.2) is 41.3 Å². The minimum absolute atomic E-state index is 0.0963. The lowest BCUT2D eigenvalue weighted by Gasteiger charge is -2.25. The summed E-state index contributed by atoms with van der Waals surface area (Å²) in [7, 11) is -0.429. The zero-order valence-electron chi connectivity index (χ0n) is 16.2. The average molecular weight is 424 g/mol. The Balaban J connectivity index is 2.68. The van der Waals surface area contributed by atoms with E-state index in [2.05, 4.69) is 4.74 Å². The van der Waals surface area contributed by atoms with Crippen molar-refractivity contribution in [2.24, 2.45) is 0 Å². The summed E-state index contributed by atoms with van der Waals surface area (Å²) in [6.07, 6.45) is 0. The average Bonchev–Trinajstić information content (AvgIpc) is 2.70. The van der Waals surface area contributed by atoms with Gasteiger partial charge in [0.05, 0.1) is 36.8 Å². The van der Waals surface area contributed by atoms with E-state index in [9.17, 15) is 23.3 Å². The summed E-state index contributed by atoms with van der Waals surface area (Å²) in [5.74, 6) is -0.213. The molecule has 0 atom stereocenters. The molecule has 2 rings (SSSR count). The number of methoxy groups -OCH3 is 3. The van der Waals surface area contributed by atoms with Crippen LogP contribution in [0.5, 0.6) is 11.5 Å². The number of carbonyl (C=O) groups is 1. The second-order valence-corrected chi connectivity index (χ2v) is 7.66. The van der Waals surface area contributed by atoms with Crippen LogP contribution in [0.3, 0.4) is 0 Å². The summed E-state index contributed by atoms with van der Waals surface area (Å²) in [4.78, 5) is 22.0. The van der Waals surface area contributed by atoms with Gasteiger partial charge in [-0.3, -0.25) is 19.2 Å². The van der Waals surface area contributed by atoms with Crippen LogP contribution in [0.1, 0.15) is 5.56 Å². The van der Waals surface area contributed by atoms with Crippen molar-refractivity contribution in [3.63, 3.8) is 0 Å². The second-order valence-electron chi connectivity index (χ2n) is 5.83. The molecule has 2 aromatic carbocycles. The van der Waals surface area contributed by atoms with Gasteiger partial charge in [-0.25, -0.2) is 8.42 Å². The van der Waals surface area contributed by atoms with Crippen molar-refractivity contribution in [1.29, 1.82) is 0 Å². The van der Waals surface area contributed by atoms with Crippen LogP contribution in [0, 0.1) is 17.0 Å². The molecular formula is C18H20N2O8S. The number of nitro benzene ring substituents is 1. The highest BCUT2D eigenvalue weighted by atomic mass is 32.2. The summed E-state index contributed by atoms with van der Waals surface area (Å²) >= 11 is 0. The van der Waals surface area contributed by atoms with Crippen LogP contribution in [-0.2, 0) is 19.6 Å². The summed E-state index contributed by atoms with van der Waals surface area (Å²) < 4.78 is 42.5. The van der Waals surface area contributed by atoms with E-state index >= 15 is 0 Å². The first-order chi connectivity index (χ1) is 13.6. The Labute approximate surface area is 167 Å². The van der Waals surface area contributed by atoms with E-state index in [4.69, 9.17) is 9.47 Å². The molecule has 0 unspecified atom stereocenters. The number of non-ortho nitro benzene ring substituents is 1. The van der Waals surface area contributed by atoms with Crippen LogP contribution in [0.2, 0.25) is 0 Å². The molecule has 29 heavy (non-hydrogen) atoms. The van der Waals surface area contributed by atoms with Crippen molar-refractivity contribution < 1.29 is 32.3 Å². The third kappa shape index (κ3) is 4.57. The Kier molecular flexibility index (Phi) is 6.64. The van der Waals surface area contributed by atoms with Gasteiger partial charge in [0.1, 0.15) is 6.54 Å². The molecule has 11 heteroatoms. The Hall–Kier alpha value is -3.34. The van der Waals surface area contributed by atoms with Crippen LogP contribution in [0.4, 0.5) is 11.4 Å². The molecule has 0 aliphatic rings. The van der Waals surface area contributed by atoms with Gasteiger partial charge in [0.15, 0.2) is 11.5 Å². The Bertz CT molecular complexity index is 1040. The quantitative estimate of drug-likeness (QED) is 0.359. The van der Waals surface area contributed by atoms with Gasteiger partial charge >= 0.3 is 5.97 Å². The number of benzene rings is 2. The van der Waals surface area contributed by atoms with Crippen LogP contribution >= 0.6 is 0 Å². The highest BCUT2D eigenvalue weighted by Gasteiger charge is 2.31. The maximum atomic E-state index is 13.4. The van der Waals surface area contributed by atoms with Crippen molar-refractivity contribution in [2.75, 3.05) is 32.2 Å². The standard InChI is InChI=1S/C18H20N2O8S/c1-12-5-6-14(20(22)23)10-17(12)29(24,25)19(11-18(21)28-4)13-7-8-15(26-2)16(9-13)27-3/h5-10H,11H2,1-4H3. The molecule has 0 saturated carbocycles. The third-order valence-electron chi connectivity index (χ3n) is 4.11. The van der Waals surface area contributed by atoms with E-state index in [1.54, 1.807) is 0 Å². The molecule has 0 amide bonds. The highest BCUT2D eigenvalue weighted by Crippen LogP contribution is 2.34. The number of hydrogen-bond donors (Lipinski definition) is 0. The van der Waals surface area contributed by atoms with Gasteiger partial charge in [-0.15, -0.1) is 0 Å². The molecule has 156 valence electrons. The monoisotopic (exact) mass is 424 g/mol. The molecule has 0 radical (unpaired) electrons. The van der Waals surface area contributed by atoms with E-state index in [0.717, 1.165) is 17.5 Å². The molecule has 0 bridgehead atoms. The summed E-state index contributed by atoms with van der Waals surface area (Å²) in [6, 6.07) is 7.77. The normalized spacial score (nSPS) is 10.9. The highest BCUT2D eigenvalue weighted by molar-refractivity contribution is 7.93. The SMILES string of the molecule is COC(=O)CN(c1ccc(OC)c(OC)c1)S(=O)(=O)c1cc([N+](=O)[O-])ccc1C. The first-order valence-corrected chi connectivity index (χ1v) is 9.66. The first kappa shape index (κ1) is 22.0. The predicted molar refractivity (Wildman–Crippen MR) is 104 cm³/mol. The van der Waals surface area contributed by atoms with Crippen molar-refractivity contribution in [2.45, 2.75) is 11.8 Å². The minimum atomic E-state index is -4.36. The van der Waals surface area contributed by atoms with Gasteiger partial charge in [-0.2, -0.15) is 0 Å². The number of hydrogen-bond acceptors (Lipinski definition) is 8. The largest absolute Gasteiger partial charge is 0.493 e. The van der Waals surface area contributed by atoms with Crippen LogP contribution in [0.25, 0.3) is 0 Å². The van der Waals surface area contributed by atoms with E-state index in [1.165, 1.54) is 51.5 Å². The van der Waals surface area contributed by atoms with Gasteiger partial charge < -0.3 is 14.2 Å². The van der Waals surface area contributed by atoms with E-state index in [1.807, 2.05) is 0 Å². The zero-order valence-corrected chi connectivity index (χ0v) is 17.1. The van der Waals surface area contributed by atoms with Crippen molar-refractivity contribution >= 4 is 27.4 Å². The topological polar surface area (TPSA) is 125 Å². The van der Waals surface area contributed by atoms with Crippen LogP contribution in [-0.4, -0.2) is 47.2 Å². The molecule has 0 spiro atoms. The van der Waals surface area contributed by atoms with E-state index in [-0.39, 0.29) is 27.6 Å². The fraction of sp³-hybridized carbons (Fsp3) is 0.278. The third-order valence-corrected chi connectivity index (χ3v) is 6.02. The predicted octanol–water partition coefficient (Wildman–Crippen LogP) is 2.29. The number of aryl methyl sites for hydroxylation is 1. The maximum absolute atomic E-state index is 13.4. The molecule has 0 heterocycles. The number of rotatable bonds is 8. The number of esters is 1. The lowest BCUT2D eigenvalue weighted by molar-refractivity contribution is -0.385. The van der Waals surface area contributed by atoms with E-state index in [0.29, 0.717) is 5.75 Å². The first-order valence-electron chi connectivity index (χ1n) is 8.22. The Morgan fingerprint density at radius 2 is 1.72 bits per heavy atom. The summed E-state index contributed by atoms with van der Waals surface area (Å²) in [6.45, 7) is 0.859. The van der Waals surface area contributed by atoms with Gasteiger partial charge in [0.2, 0.25) is 0 Å². The number of carbonyl (C=O) groups excluding carboxylic acids is 1. The molecule has 0 aliphatic heterocycles. The molecule has 0 aromatic heterocycles. The van der Waals surface area contributed by atoms with Crippen molar-refractivity contribution in [3.8, 4) is 11.5 Å². The maximum Gasteiger partial charge on any atom is 0.326 e. The fourth-order valence-corrected chi connectivity index (χ4v) is 4.22. The van der Waals surface area contributed by atoms with Crippen LogP contribution < -0.4 is 13.8 Å². The number of sulfonamides is 1. The Morgan fingerprint density at radius 1 is 1.07 bits per heavy atom. The minimum Gasteiger partial charge on any atom is -0.493 e. The fourth-order valence-electron chi connectivity index (χ4n) is 2.58. The van der Waals surface area contributed by atoms with Gasteiger partial charge in [-0.05, 0) is 24.6 Å². The summed E-state index contributed by atoms with van der Waals surface area (Å²) in [5, 5.41) is 11.1. The Morgan fingerprint density at radius 3 is 2.28 bits per heavy atom. The molecule has 0 saturated heterocycles. The zero-order chi connectivity index (χ0) is 21.8. The molecule has 0 fully saturated rings. The molecule has 2 aromatic rings. The summed E-state index contributed by atoms with van der Waals surface area (Å²) in [5.41, 5.74) is -0.00981. The number of anilines is 1. The number of nitro groups is 1. The number of nitrogens with zero attached hydrogens (tertiary/aromatic N) is 2. The van der Waals surface area contributed by atoms with Gasteiger partial charge in [0.25, 0.3) is 15.7 Å². The van der Waals surface area contributed by atoms with Gasteiger partial charge in [0, 0.05) is 18.2 Å². The molecular weight excluding hydrogens is 404 g/mol. The smallest absolute Gasteiger partial charge is 0.326 e. The molecule has 0 aliphatic carbocycles. The molecule has 0 N–H and O–H groups in total.